The van der Waals surface area contributed by atoms with Gasteiger partial charge in [0.1, 0.15) is 17.7 Å². The lowest BCUT2D eigenvalue weighted by Crippen LogP contribution is -2.11. The van der Waals surface area contributed by atoms with Crippen molar-refractivity contribution in [1.29, 1.82) is 0 Å². The van der Waals surface area contributed by atoms with Gasteiger partial charge in [0, 0.05) is 5.69 Å². The van der Waals surface area contributed by atoms with Crippen molar-refractivity contribution in [1.82, 2.24) is 19.7 Å². The number of hydrogen-bond donors (Lipinski definition) is 3. The Kier molecular flexibility index (Phi) is 4.54. The molecule has 0 radical (unpaired) electrons. The highest BCUT2D eigenvalue weighted by Crippen LogP contribution is 2.19. The molecule has 136 valence electrons. The highest BCUT2D eigenvalue weighted by atomic mass is 16.5. The summed E-state index contributed by atoms with van der Waals surface area (Å²) in [7, 11) is 0. The van der Waals surface area contributed by atoms with Crippen molar-refractivity contribution >= 4 is 22.7 Å². The molecule has 0 amide bonds. The fourth-order valence-electron chi connectivity index (χ4n) is 2.67. The summed E-state index contributed by atoms with van der Waals surface area (Å²) in [6, 6.07) is 16.6. The minimum Gasteiger partial charge on any atom is -0.491 e. The number of nitrogens with one attached hydrogen (secondary N) is 2. The summed E-state index contributed by atoms with van der Waals surface area (Å²) in [4.78, 5) is 19.6. The van der Waals surface area contributed by atoms with Gasteiger partial charge < -0.3 is 15.2 Å². The van der Waals surface area contributed by atoms with E-state index in [-0.39, 0.29) is 18.8 Å². The number of anilines is 2. The Morgan fingerprint density at radius 2 is 1.89 bits per heavy atom. The molecule has 0 aliphatic carbocycles. The van der Waals surface area contributed by atoms with Crippen LogP contribution in [0.3, 0.4) is 0 Å². The van der Waals surface area contributed by atoms with E-state index in [1.807, 2.05) is 30.3 Å². The van der Waals surface area contributed by atoms with E-state index in [0.29, 0.717) is 22.7 Å². The van der Waals surface area contributed by atoms with Gasteiger partial charge in [0.15, 0.2) is 5.65 Å². The number of ether oxygens (including phenoxy) is 1. The van der Waals surface area contributed by atoms with Gasteiger partial charge >= 0.3 is 0 Å². The van der Waals surface area contributed by atoms with E-state index in [9.17, 15) is 4.79 Å². The van der Waals surface area contributed by atoms with Crippen LogP contribution in [0.4, 0.5) is 11.6 Å². The first-order chi connectivity index (χ1) is 13.2. The Balaban J connectivity index is 1.65. The first-order valence-electron chi connectivity index (χ1n) is 8.39. The molecule has 27 heavy (non-hydrogen) atoms. The van der Waals surface area contributed by atoms with Crippen LogP contribution < -0.4 is 15.6 Å². The summed E-state index contributed by atoms with van der Waals surface area (Å²) >= 11 is 0. The molecule has 8 nitrogen and oxygen atoms in total. The van der Waals surface area contributed by atoms with Gasteiger partial charge in [-0.1, -0.05) is 18.2 Å². The first-order valence-corrected chi connectivity index (χ1v) is 8.39. The molecule has 0 atom stereocenters. The fourth-order valence-corrected chi connectivity index (χ4v) is 2.67. The van der Waals surface area contributed by atoms with Crippen LogP contribution >= 0.6 is 0 Å². The normalized spacial score (nSPS) is 10.9. The number of aliphatic hydroxyl groups is 1. The Labute approximate surface area is 154 Å². The molecule has 0 unspecified atom stereocenters. The second-order valence-electron chi connectivity index (χ2n) is 5.77. The van der Waals surface area contributed by atoms with Gasteiger partial charge in [0.05, 0.1) is 18.5 Å². The smallest absolute Gasteiger partial charge is 0.263 e. The number of aromatic nitrogens is 4. The van der Waals surface area contributed by atoms with Crippen molar-refractivity contribution in [3.63, 3.8) is 0 Å². The molecule has 0 fully saturated rings. The molecule has 0 saturated carbocycles. The molecule has 0 aliphatic rings. The van der Waals surface area contributed by atoms with Crippen molar-refractivity contribution < 1.29 is 9.84 Å². The summed E-state index contributed by atoms with van der Waals surface area (Å²) in [5.74, 6) is 0.961. The molecule has 4 rings (SSSR count). The van der Waals surface area contributed by atoms with E-state index in [0.717, 1.165) is 11.4 Å². The number of hydrogen-bond acceptors (Lipinski definition) is 6. The topological polar surface area (TPSA) is 105 Å². The second-order valence-corrected chi connectivity index (χ2v) is 5.77. The summed E-state index contributed by atoms with van der Waals surface area (Å²) in [5.41, 5.74) is 1.75. The van der Waals surface area contributed by atoms with Crippen molar-refractivity contribution in [3.8, 4) is 11.4 Å². The van der Waals surface area contributed by atoms with E-state index >= 15 is 0 Å². The third-order valence-electron chi connectivity index (χ3n) is 3.92. The first kappa shape index (κ1) is 16.8. The molecule has 2 aromatic heterocycles. The van der Waals surface area contributed by atoms with Gasteiger partial charge in [0.25, 0.3) is 5.56 Å². The van der Waals surface area contributed by atoms with Crippen molar-refractivity contribution in [2.24, 2.45) is 0 Å². The predicted octanol–water partition coefficient (Wildman–Crippen LogP) is 2.22. The van der Waals surface area contributed by atoms with Gasteiger partial charge in [-0.2, -0.15) is 10.1 Å². The number of rotatable bonds is 6. The van der Waals surface area contributed by atoms with Crippen molar-refractivity contribution in [3.05, 3.63) is 71.1 Å². The zero-order valence-electron chi connectivity index (χ0n) is 14.3. The Morgan fingerprint density at radius 3 is 2.63 bits per heavy atom. The van der Waals surface area contributed by atoms with Crippen molar-refractivity contribution in [2.45, 2.75) is 0 Å². The predicted molar refractivity (Wildman–Crippen MR) is 102 cm³/mol. The van der Waals surface area contributed by atoms with Crippen LogP contribution in [-0.2, 0) is 0 Å². The number of para-hydroxylation sites is 1. The minimum absolute atomic E-state index is 0.0414. The molecule has 2 heterocycles. The number of nitrogens with zero attached hydrogens (tertiary/aromatic N) is 3. The van der Waals surface area contributed by atoms with E-state index in [4.69, 9.17) is 9.84 Å². The Hall–Kier alpha value is -3.65. The molecule has 0 bridgehead atoms. The lowest BCUT2D eigenvalue weighted by molar-refractivity contribution is 0.201. The average Bonchev–Trinajstić information content (AvgIpc) is 3.13. The monoisotopic (exact) mass is 363 g/mol. The number of benzene rings is 2. The summed E-state index contributed by atoms with van der Waals surface area (Å²) in [6.07, 6.45) is 1.51. The summed E-state index contributed by atoms with van der Waals surface area (Å²) < 4.78 is 6.96. The number of aliphatic hydroxyl groups excluding tert-OH is 1. The third kappa shape index (κ3) is 3.51. The Bertz CT molecular complexity index is 1100. The number of fused-ring (bicyclic) bond motifs is 1. The van der Waals surface area contributed by atoms with Crippen molar-refractivity contribution in [2.75, 3.05) is 18.5 Å². The van der Waals surface area contributed by atoms with Gasteiger partial charge in [0.2, 0.25) is 5.95 Å². The molecular weight excluding hydrogens is 346 g/mol. The lowest BCUT2D eigenvalue weighted by atomic mass is 10.3. The zero-order chi connectivity index (χ0) is 18.6. The molecule has 0 aliphatic heterocycles. The lowest BCUT2D eigenvalue weighted by Gasteiger charge is -2.08. The minimum atomic E-state index is -0.271. The highest BCUT2D eigenvalue weighted by Gasteiger charge is 2.11. The fraction of sp³-hybridized carbons (Fsp3) is 0.105. The van der Waals surface area contributed by atoms with Gasteiger partial charge in [-0.3, -0.25) is 9.78 Å². The van der Waals surface area contributed by atoms with E-state index < -0.39 is 0 Å². The largest absolute Gasteiger partial charge is 0.491 e. The quantitative estimate of drug-likeness (QED) is 0.485. The Morgan fingerprint density at radius 1 is 1.11 bits per heavy atom. The maximum Gasteiger partial charge on any atom is 0.263 e. The van der Waals surface area contributed by atoms with E-state index in [1.54, 1.807) is 28.9 Å². The van der Waals surface area contributed by atoms with Crippen LogP contribution in [0.15, 0.2) is 65.6 Å². The van der Waals surface area contributed by atoms with E-state index in [1.165, 1.54) is 6.20 Å². The SMILES string of the molecule is O=c1[nH]c(Nc2ccc(OCCO)cc2)nc2c1cnn2-c1ccccc1. The number of H-pyrrole nitrogens is 1. The van der Waals surface area contributed by atoms with Gasteiger partial charge in [-0.15, -0.1) is 0 Å². The molecule has 0 spiro atoms. The summed E-state index contributed by atoms with van der Waals surface area (Å²) in [5, 5.41) is 16.6. The molecule has 8 heteroatoms. The average molecular weight is 363 g/mol. The summed E-state index contributed by atoms with van der Waals surface area (Å²) in [6.45, 7) is 0.196. The third-order valence-corrected chi connectivity index (χ3v) is 3.92. The maximum atomic E-state index is 12.4. The van der Waals surface area contributed by atoms with Crippen LogP contribution in [0, 0.1) is 0 Å². The molecule has 3 N–H and O–H groups in total. The molecular formula is C19H17N5O3. The molecule has 0 saturated heterocycles. The standard InChI is InChI=1S/C19H17N5O3/c25-10-11-27-15-8-6-13(7-9-15)21-19-22-17-16(18(26)23-19)12-20-24(17)14-4-2-1-3-5-14/h1-9,12,25H,10-11H2,(H2,21,22,23,26). The highest BCUT2D eigenvalue weighted by molar-refractivity contribution is 5.76. The number of aromatic amines is 1. The van der Waals surface area contributed by atoms with Crippen LogP contribution in [0.25, 0.3) is 16.7 Å². The van der Waals surface area contributed by atoms with Crippen LogP contribution in [0.1, 0.15) is 0 Å². The second kappa shape index (κ2) is 7.30. The van der Waals surface area contributed by atoms with Gasteiger partial charge in [-0.25, -0.2) is 4.68 Å². The molecule has 4 aromatic rings. The van der Waals surface area contributed by atoms with Crippen LogP contribution in [0.2, 0.25) is 0 Å². The molecule has 2 aromatic carbocycles. The van der Waals surface area contributed by atoms with E-state index in [2.05, 4.69) is 20.4 Å². The maximum absolute atomic E-state index is 12.4. The van der Waals surface area contributed by atoms with Crippen LogP contribution in [-0.4, -0.2) is 38.1 Å². The van der Waals surface area contributed by atoms with Crippen LogP contribution in [0.5, 0.6) is 5.75 Å². The van der Waals surface area contributed by atoms with Gasteiger partial charge in [-0.05, 0) is 36.4 Å². The zero-order valence-corrected chi connectivity index (χ0v) is 14.3.